The molecular weight excluding hydrogens is 332 g/mol. The average Bonchev–Trinajstić information content (AvgIpc) is 2.55. The monoisotopic (exact) mass is 348 g/mol. The number of hydrogen-bond donors (Lipinski definition) is 0. The fraction of sp³-hybridized carbons (Fsp3) is 0.235. The molecule has 0 saturated heterocycles. The second kappa shape index (κ2) is 7.79. The molecule has 0 unspecified atom stereocenters. The number of para-hydroxylation sites is 1. The van der Waals surface area contributed by atoms with Gasteiger partial charge in [-0.3, -0.25) is 14.9 Å². The van der Waals surface area contributed by atoms with Crippen molar-refractivity contribution in [2.75, 3.05) is 20.2 Å². The summed E-state index contributed by atoms with van der Waals surface area (Å²) in [6, 6.07) is 11.6. The van der Waals surface area contributed by atoms with Gasteiger partial charge in [0.15, 0.2) is 0 Å². The van der Waals surface area contributed by atoms with Gasteiger partial charge in [0.1, 0.15) is 17.9 Å². The Balaban J connectivity index is 2.01. The Morgan fingerprint density at radius 2 is 1.92 bits per heavy atom. The number of likely N-dealkylation sites (N-methyl/N-ethyl adjacent to an activating group) is 1. The fourth-order valence-corrected chi connectivity index (χ4v) is 2.34. The number of rotatable bonds is 6. The van der Waals surface area contributed by atoms with E-state index in [4.69, 9.17) is 16.3 Å². The van der Waals surface area contributed by atoms with Crippen molar-refractivity contribution in [3.05, 3.63) is 68.7 Å². The van der Waals surface area contributed by atoms with E-state index in [-0.39, 0.29) is 17.9 Å². The van der Waals surface area contributed by atoms with Crippen molar-refractivity contribution in [1.29, 1.82) is 0 Å². The Morgan fingerprint density at radius 1 is 1.25 bits per heavy atom. The normalized spacial score (nSPS) is 10.3. The maximum Gasteiger partial charge on any atom is 0.285 e. The summed E-state index contributed by atoms with van der Waals surface area (Å²) in [5.74, 6) is 0.229. The number of hydrogen-bond acceptors (Lipinski definition) is 4. The number of benzene rings is 2. The lowest BCUT2D eigenvalue weighted by atomic mass is 10.1. The lowest BCUT2D eigenvalue weighted by molar-refractivity contribution is -0.385. The number of ether oxygens (including phenoxy) is 1. The summed E-state index contributed by atoms with van der Waals surface area (Å²) in [4.78, 5) is 24.5. The molecule has 0 atom stereocenters. The van der Waals surface area contributed by atoms with Gasteiger partial charge in [0, 0.05) is 17.6 Å². The van der Waals surface area contributed by atoms with Crippen molar-refractivity contribution in [3.63, 3.8) is 0 Å². The van der Waals surface area contributed by atoms with Crippen LogP contribution in [0, 0.1) is 17.0 Å². The topological polar surface area (TPSA) is 72.7 Å². The molecule has 0 spiro atoms. The molecule has 24 heavy (non-hydrogen) atoms. The zero-order chi connectivity index (χ0) is 17.7. The van der Waals surface area contributed by atoms with Crippen molar-refractivity contribution >= 4 is 23.2 Å². The quantitative estimate of drug-likeness (QED) is 0.589. The molecule has 6 nitrogen and oxygen atoms in total. The summed E-state index contributed by atoms with van der Waals surface area (Å²) in [6.45, 7) is 2.18. The molecule has 0 heterocycles. The van der Waals surface area contributed by atoms with Gasteiger partial charge in [-0.15, -0.1) is 0 Å². The zero-order valence-corrected chi connectivity index (χ0v) is 14.1. The molecule has 2 aromatic carbocycles. The number of halogens is 1. The molecule has 2 rings (SSSR count). The number of aryl methyl sites for hydroxylation is 1. The van der Waals surface area contributed by atoms with E-state index in [0.717, 1.165) is 0 Å². The summed E-state index contributed by atoms with van der Waals surface area (Å²) in [5.41, 5.74) is 0.374. The first kappa shape index (κ1) is 17.7. The Hall–Kier alpha value is -2.60. The van der Waals surface area contributed by atoms with Crippen molar-refractivity contribution in [1.82, 2.24) is 4.90 Å². The molecule has 1 amide bonds. The van der Waals surface area contributed by atoms with Crippen LogP contribution in [-0.4, -0.2) is 35.9 Å². The van der Waals surface area contributed by atoms with Gasteiger partial charge < -0.3 is 9.64 Å². The maximum atomic E-state index is 12.5. The molecule has 0 bridgehead atoms. The molecule has 0 radical (unpaired) electrons. The van der Waals surface area contributed by atoms with Gasteiger partial charge in [-0.2, -0.15) is 0 Å². The smallest absolute Gasteiger partial charge is 0.285 e. The summed E-state index contributed by atoms with van der Waals surface area (Å²) in [6.07, 6.45) is 0. The largest absolute Gasteiger partial charge is 0.492 e. The van der Waals surface area contributed by atoms with Crippen LogP contribution in [0.1, 0.15) is 15.9 Å². The summed E-state index contributed by atoms with van der Waals surface area (Å²) in [5, 5.41) is 11.8. The highest BCUT2D eigenvalue weighted by Crippen LogP contribution is 2.24. The molecule has 0 aliphatic carbocycles. The Bertz CT molecular complexity index is 747. The van der Waals surface area contributed by atoms with Crippen LogP contribution in [-0.2, 0) is 0 Å². The van der Waals surface area contributed by atoms with E-state index in [1.165, 1.54) is 11.0 Å². The highest BCUT2D eigenvalue weighted by Gasteiger charge is 2.24. The first-order valence-corrected chi connectivity index (χ1v) is 7.66. The van der Waals surface area contributed by atoms with Gasteiger partial charge in [0.05, 0.1) is 11.5 Å². The molecule has 7 heteroatoms. The first-order valence-electron chi connectivity index (χ1n) is 7.28. The van der Waals surface area contributed by atoms with Crippen LogP contribution in [0.2, 0.25) is 5.02 Å². The van der Waals surface area contributed by atoms with Crippen molar-refractivity contribution in [2.24, 2.45) is 0 Å². The number of carbonyl (C=O) groups excluding carboxylic acids is 1. The second-order valence-corrected chi connectivity index (χ2v) is 5.69. The van der Waals surface area contributed by atoms with Gasteiger partial charge in [-0.05, 0) is 37.3 Å². The van der Waals surface area contributed by atoms with Crippen LogP contribution < -0.4 is 4.74 Å². The third-order valence-electron chi connectivity index (χ3n) is 3.51. The van der Waals surface area contributed by atoms with E-state index in [1.54, 1.807) is 50.4 Å². The second-order valence-electron chi connectivity index (χ2n) is 5.26. The van der Waals surface area contributed by atoms with Crippen molar-refractivity contribution < 1.29 is 14.5 Å². The Labute approximate surface area is 144 Å². The number of carbonyl (C=O) groups is 1. The predicted octanol–water partition coefficient (Wildman–Crippen LogP) is 3.71. The third-order valence-corrected chi connectivity index (χ3v) is 3.76. The number of nitrogens with zero attached hydrogens (tertiary/aromatic N) is 2. The van der Waals surface area contributed by atoms with Crippen molar-refractivity contribution in [3.8, 4) is 5.75 Å². The highest BCUT2D eigenvalue weighted by molar-refractivity contribution is 6.30. The molecule has 126 valence electrons. The van der Waals surface area contributed by atoms with E-state index in [0.29, 0.717) is 22.9 Å². The van der Waals surface area contributed by atoms with Crippen LogP contribution >= 0.6 is 11.6 Å². The summed E-state index contributed by atoms with van der Waals surface area (Å²) < 4.78 is 5.53. The predicted molar refractivity (Wildman–Crippen MR) is 91.7 cm³/mol. The van der Waals surface area contributed by atoms with Gasteiger partial charge in [0.2, 0.25) is 0 Å². The van der Waals surface area contributed by atoms with Gasteiger partial charge in [-0.1, -0.05) is 23.7 Å². The minimum absolute atomic E-state index is 0.0778. The standard InChI is InChI=1S/C17H17ClN2O4/c1-12-4-3-5-15(16(12)20(22)23)17(21)19(2)10-11-24-14-8-6-13(18)7-9-14/h3-9H,10-11H2,1-2H3. The van der Waals surface area contributed by atoms with E-state index in [9.17, 15) is 14.9 Å². The molecule has 0 aromatic heterocycles. The van der Waals surface area contributed by atoms with Gasteiger partial charge >= 0.3 is 0 Å². The molecule has 0 N–H and O–H groups in total. The van der Waals surface area contributed by atoms with E-state index in [2.05, 4.69) is 0 Å². The Kier molecular flexibility index (Phi) is 5.76. The molecule has 0 aliphatic rings. The molecule has 0 aliphatic heterocycles. The molecule has 0 saturated carbocycles. The first-order chi connectivity index (χ1) is 11.4. The van der Waals surface area contributed by atoms with Gasteiger partial charge in [0.25, 0.3) is 11.6 Å². The van der Waals surface area contributed by atoms with Crippen LogP contribution in [0.5, 0.6) is 5.75 Å². The molecular formula is C17H17ClN2O4. The zero-order valence-electron chi connectivity index (χ0n) is 13.4. The fourth-order valence-electron chi connectivity index (χ4n) is 2.21. The molecule has 2 aromatic rings. The third kappa shape index (κ3) is 4.23. The maximum absolute atomic E-state index is 12.5. The number of amides is 1. The van der Waals surface area contributed by atoms with Gasteiger partial charge in [-0.25, -0.2) is 0 Å². The molecule has 0 fully saturated rings. The van der Waals surface area contributed by atoms with Crippen LogP contribution in [0.3, 0.4) is 0 Å². The van der Waals surface area contributed by atoms with Crippen LogP contribution in [0.4, 0.5) is 5.69 Å². The number of nitro benzene ring substituents is 1. The average molecular weight is 349 g/mol. The van der Waals surface area contributed by atoms with Crippen LogP contribution in [0.25, 0.3) is 0 Å². The Morgan fingerprint density at radius 3 is 2.54 bits per heavy atom. The van der Waals surface area contributed by atoms with Crippen molar-refractivity contribution in [2.45, 2.75) is 6.92 Å². The number of nitro groups is 1. The lowest BCUT2D eigenvalue weighted by Gasteiger charge is -2.18. The van der Waals surface area contributed by atoms with E-state index < -0.39 is 10.8 Å². The highest BCUT2D eigenvalue weighted by atomic mass is 35.5. The van der Waals surface area contributed by atoms with Crippen LogP contribution in [0.15, 0.2) is 42.5 Å². The SMILES string of the molecule is Cc1cccc(C(=O)N(C)CCOc2ccc(Cl)cc2)c1[N+](=O)[O-]. The summed E-state index contributed by atoms with van der Waals surface area (Å²) >= 11 is 5.80. The minimum Gasteiger partial charge on any atom is -0.492 e. The lowest BCUT2D eigenvalue weighted by Crippen LogP contribution is -2.31. The van der Waals surface area contributed by atoms with E-state index >= 15 is 0 Å². The minimum atomic E-state index is -0.527. The summed E-state index contributed by atoms with van der Waals surface area (Å²) in [7, 11) is 1.58. The van der Waals surface area contributed by atoms with E-state index in [1.807, 2.05) is 0 Å².